The minimum atomic E-state index is -4.60. The number of benzene rings is 1. The second-order valence-electron chi connectivity index (χ2n) is 6.27. The lowest BCUT2D eigenvalue weighted by Crippen LogP contribution is -2.45. The minimum Gasteiger partial charge on any atom is -0.483 e. The number of rotatable bonds is 7. The van der Waals surface area contributed by atoms with Gasteiger partial charge in [0.25, 0.3) is 6.43 Å². The Labute approximate surface area is 175 Å². The van der Waals surface area contributed by atoms with E-state index < -0.39 is 42.2 Å². The van der Waals surface area contributed by atoms with Crippen LogP contribution in [0.2, 0.25) is 5.02 Å². The summed E-state index contributed by atoms with van der Waals surface area (Å²) >= 11 is 5.67. The topological polar surface area (TPSA) is 86.0 Å². The van der Waals surface area contributed by atoms with Crippen molar-refractivity contribution in [2.75, 3.05) is 6.61 Å². The van der Waals surface area contributed by atoms with Gasteiger partial charge in [0.2, 0.25) is 0 Å². The predicted octanol–water partition coefficient (Wildman–Crippen LogP) is 3.54. The van der Waals surface area contributed by atoms with Crippen LogP contribution < -0.4 is 4.74 Å². The van der Waals surface area contributed by atoms with Crippen molar-refractivity contribution >= 4 is 11.6 Å². The molecule has 0 amide bonds. The van der Waals surface area contributed by atoms with Crippen molar-refractivity contribution in [3.63, 3.8) is 0 Å². The molecule has 0 bridgehead atoms. The molecule has 31 heavy (non-hydrogen) atoms. The number of halogens is 7. The van der Waals surface area contributed by atoms with Crippen LogP contribution in [0.25, 0.3) is 0 Å². The van der Waals surface area contributed by atoms with Gasteiger partial charge in [-0.15, -0.1) is 5.10 Å². The molecule has 0 spiro atoms. The number of ether oxygens (including phenoxy) is 1. The molecule has 1 aromatic carbocycles. The van der Waals surface area contributed by atoms with Crippen molar-refractivity contribution < 1.29 is 36.2 Å². The van der Waals surface area contributed by atoms with E-state index in [1.165, 1.54) is 0 Å². The summed E-state index contributed by atoms with van der Waals surface area (Å²) in [5.74, 6) is -1.53. The number of pyridine rings is 1. The number of tetrazole rings is 1. The third-order valence-corrected chi connectivity index (χ3v) is 4.42. The minimum absolute atomic E-state index is 0.0962. The third-order valence-electron chi connectivity index (χ3n) is 4.18. The lowest BCUT2D eigenvalue weighted by atomic mass is 9.84. The van der Waals surface area contributed by atoms with Gasteiger partial charge in [-0.05, 0) is 34.7 Å². The molecule has 0 aliphatic carbocycles. The lowest BCUT2D eigenvalue weighted by Gasteiger charge is -2.35. The van der Waals surface area contributed by atoms with Crippen LogP contribution in [-0.4, -0.2) is 49.5 Å². The molecule has 2 aromatic heterocycles. The summed E-state index contributed by atoms with van der Waals surface area (Å²) in [4.78, 5) is 3.81. The molecule has 3 aromatic rings. The van der Waals surface area contributed by atoms with E-state index in [2.05, 4.69) is 25.2 Å². The maximum atomic E-state index is 14.5. The zero-order valence-electron chi connectivity index (χ0n) is 15.1. The molecule has 2 heterocycles. The summed E-state index contributed by atoms with van der Waals surface area (Å²) in [6.07, 6.45) is -6.44. The molecular formula is C17H12ClF6N5O2. The van der Waals surface area contributed by atoms with Crippen LogP contribution in [0, 0.1) is 5.82 Å². The molecule has 0 saturated carbocycles. The molecule has 0 saturated heterocycles. The van der Waals surface area contributed by atoms with Gasteiger partial charge in [-0.25, -0.2) is 17.9 Å². The van der Waals surface area contributed by atoms with Gasteiger partial charge in [-0.1, -0.05) is 17.7 Å². The Kier molecular flexibility index (Phi) is 6.36. The Morgan fingerprint density at radius 1 is 1.16 bits per heavy atom. The Morgan fingerprint density at radius 3 is 2.42 bits per heavy atom. The van der Waals surface area contributed by atoms with E-state index >= 15 is 0 Å². The van der Waals surface area contributed by atoms with Gasteiger partial charge in [-0.2, -0.15) is 13.2 Å². The first kappa shape index (κ1) is 22.7. The van der Waals surface area contributed by atoms with Crippen LogP contribution in [0.1, 0.15) is 17.3 Å². The third kappa shape index (κ3) is 4.88. The summed E-state index contributed by atoms with van der Waals surface area (Å²) in [6.45, 7) is -1.60. The van der Waals surface area contributed by atoms with Gasteiger partial charge >= 0.3 is 6.18 Å². The Balaban J connectivity index is 2.08. The van der Waals surface area contributed by atoms with E-state index in [-0.39, 0.29) is 16.5 Å². The number of aromatic nitrogens is 5. The molecule has 0 aliphatic rings. The quantitative estimate of drug-likeness (QED) is 0.535. The molecule has 2 unspecified atom stereocenters. The first-order chi connectivity index (χ1) is 14.5. The van der Waals surface area contributed by atoms with Gasteiger partial charge in [0, 0.05) is 10.6 Å². The molecule has 2 atom stereocenters. The monoisotopic (exact) mass is 467 g/mol. The Hall–Kier alpha value is -2.93. The molecule has 0 radical (unpaired) electrons. The predicted molar refractivity (Wildman–Crippen MR) is 93.1 cm³/mol. The second-order valence-corrected chi connectivity index (χ2v) is 6.70. The van der Waals surface area contributed by atoms with Crippen LogP contribution in [0.15, 0.2) is 42.9 Å². The van der Waals surface area contributed by atoms with E-state index in [4.69, 9.17) is 11.6 Å². The lowest BCUT2D eigenvalue weighted by molar-refractivity contribution is -0.153. The molecule has 7 nitrogen and oxygen atoms in total. The van der Waals surface area contributed by atoms with Crippen molar-refractivity contribution in [3.05, 3.63) is 65.0 Å². The highest BCUT2D eigenvalue weighted by molar-refractivity contribution is 6.30. The Morgan fingerprint density at radius 2 is 1.90 bits per heavy atom. The van der Waals surface area contributed by atoms with E-state index in [0.29, 0.717) is 0 Å². The van der Waals surface area contributed by atoms with Gasteiger partial charge in [-0.3, -0.25) is 4.98 Å². The SMILES string of the molecule is OC(c1ccc(Cl)cc1F)(C(F)F)C(c1ccc(OCC(F)(F)F)cn1)n1cnnn1. The maximum Gasteiger partial charge on any atom is 0.422 e. The van der Waals surface area contributed by atoms with Crippen molar-refractivity contribution in [2.24, 2.45) is 0 Å². The average molecular weight is 468 g/mol. The summed E-state index contributed by atoms with van der Waals surface area (Å²) in [7, 11) is 0. The summed E-state index contributed by atoms with van der Waals surface area (Å²) in [5, 5.41) is 21.1. The first-order valence-corrected chi connectivity index (χ1v) is 8.74. The zero-order chi connectivity index (χ0) is 22.8. The first-order valence-electron chi connectivity index (χ1n) is 8.36. The van der Waals surface area contributed by atoms with E-state index in [9.17, 15) is 31.4 Å². The van der Waals surface area contributed by atoms with Crippen LogP contribution in [-0.2, 0) is 5.60 Å². The Bertz CT molecular complexity index is 1020. The van der Waals surface area contributed by atoms with E-state index in [1.807, 2.05) is 0 Å². The van der Waals surface area contributed by atoms with Crippen molar-refractivity contribution in [1.82, 2.24) is 25.2 Å². The van der Waals surface area contributed by atoms with Gasteiger partial charge in [0.15, 0.2) is 12.2 Å². The van der Waals surface area contributed by atoms with Crippen molar-refractivity contribution in [1.29, 1.82) is 0 Å². The smallest absolute Gasteiger partial charge is 0.422 e. The van der Waals surface area contributed by atoms with Gasteiger partial charge in [0.05, 0.1) is 11.9 Å². The fourth-order valence-electron chi connectivity index (χ4n) is 2.85. The highest BCUT2D eigenvalue weighted by atomic mass is 35.5. The van der Waals surface area contributed by atoms with E-state index in [1.54, 1.807) is 0 Å². The maximum absolute atomic E-state index is 14.5. The molecular weight excluding hydrogens is 456 g/mol. The normalized spacial score (nSPS) is 15.0. The second kappa shape index (κ2) is 8.67. The van der Waals surface area contributed by atoms with Crippen LogP contribution in [0.4, 0.5) is 26.3 Å². The number of hydrogen-bond donors (Lipinski definition) is 1. The molecule has 166 valence electrons. The number of aliphatic hydroxyl groups is 1. The highest BCUT2D eigenvalue weighted by Crippen LogP contribution is 2.43. The van der Waals surface area contributed by atoms with Crippen LogP contribution in [0.3, 0.4) is 0 Å². The fraction of sp³-hybridized carbons (Fsp3) is 0.294. The molecule has 0 fully saturated rings. The molecule has 14 heteroatoms. The van der Waals surface area contributed by atoms with Crippen molar-refractivity contribution in [2.45, 2.75) is 24.2 Å². The van der Waals surface area contributed by atoms with Gasteiger partial charge in [0.1, 0.15) is 23.9 Å². The average Bonchev–Trinajstić information content (AvgIpc) is 3.20. The van der Waals surface area contributed by atoms with Crippen LogP contribution >= 0.6 is 11.6 Å². The highest BCUT2D eigenvalue weighted by Gasteiger charge is 2.52. The standard InChI is InChI=1S/C17H12ClF6N5O2/c18-9-1-3-11(12(19)5-9)17(30,15(20)21)14(29-8-26-27-28-29)13-4-2-10(6-25-13)31-7-16(22,23)24/h1-6,8,14-15,30H,7H2. The number of alkyl halides is 5. The fourth-order valence-corrected chi connectivity index (χ4v) is 3.01. The summed E-state index contributed by atoms with van der Waals surface area (Å²) in [6, 6.07) is 2.90. The van der Waals surface area contributed by atoms with Crippen LogP contribution in [0.5, 0.6) is 5.75 Å². The van der Waals surface area contributed by atoms with Gasteiger partial charge < -0.3 is 9.84 Å². The number of hydrogen-bond acceptors (Lipinski definition) is 6. The summed E-state index contributed by atoms with van der Waals surface area (Å²) in [5.41, 5.74) is -4.35. The molecule has 0 aliphatic heterocycles. The summed E-state index contributed by atoms with van der Waals surface area (Å²) < 4.78 is 85.1. The number of nitrogens with zero attached hydrogens (tertiary/aromatic N) is 5. The molecule has 1 N–H and O–H groups in total. The molecule has 3 rings (SSSR count). The zero-order valence-corrected chi connectivity index (χ0v) is 15.9. The largest absolute Gasteiger partial charge is 0.483 e. The van der Waals surface area contributed by atoms with E-state index in [0.717, 1.165) is 47.5 Å². The van der Waals surface area contributed by atoms with Crippen molar-refractivity contribution in [3.8, 4) is 5.75 Å².